The fourth-order valence-electron chi connectivity index (χ4n) is 6.73. The SMILES string of the molecule is COc1ccc([C@@H]2[C@H](C(=O)c3ccccc3)N3N=Cc4ccccc4[C@H]3C23C(=O)c2ccccc2C3=O)cc1. The Kier molecular flexibility index (Phi) is 5.13. The first-order valence-electron chi connectivity index (χ1n) is 12.9. The summed E-state index contributed by atoms with van der Waals surface area (Å²) in [5.74, 6) is -0.878. The molecular formula is C33H24N2O4. The highest BCUT2D eigenvalue weighted by Gasteiger charge is 2.72. The van der Waals surface area contributed by atoms with E-state index < -0.39 is 23.4 Å². The molecule has 1 fully saturated rings. The van der Waals surface area contributed by atoms with Gasteiger partial charge in [-0.3, -0.25) is 19.4 Å². The molecule has 3 aliphatic rings. The summed E-state index contributed by atoms with van der Waals surface area (Å²) < 4.78 is 5.39. The predicted octanol–water partition coefficient (Wildman–Crippen LogP) is 5.50. The van der Waals surface area contributed by atoms with E-state index in [2.05, 4.69) is 0 Å². The molecule has 1 saturated heterocycles. The van der Waals surface area contributed by atoms with Crippen molar-refractivity contribution >= 4 is 23.6 Å². The van der Waals surface area contributed by atoms with Crippen LogP contribution in [0.25, 0.3) is 0 Å². The van der Waals surface area contributed by atoms with Crippen LogP contribution in [0.3, 0.4) is 0 Å². The minimum Gasteiger partial charge on any atom is -0.497 e. The molecule has 6 nitrogen and oxygen atoms in total. The molecule has 2 heterocycles. The molecule has 7 rings (SSSR count). The topological polar surface area (TPSA) is 76.0 Å². The van der Waals surface area contributed by atoms with E-state index in [1.54, 1.807) is 66.9 Å². The number of carbonyl (C=O) groups excluding carboxylic acids is 3. The molecule has 0 bridgehead atoms. The highest BCUT2D eigenvalue weighted by molar-refractivity contribution is 6.31. The average molecular weight is 513 g/mol. The maximum absolute atomic E-state index is 14.7. The standard InChI is InChI=1S/C33H24N2O4/c1-39-23-17-15-20(16-18-23)27-28(29(36)21-9-3-2-4-10-21)35-30(24-12-6-5-11-22(24)19-34-35)33(27)31(37)25-13-7-8-14-26(25)32(33)38/h2-19,27-28,30H,1H3/t27-,28-,30+/m1/s1. The van der Waals surface area contributed by atoms with E-state index in [0.717, 1.165) is 11.1 Å². The number of ketones is 3. The lowest BCUT2D eigenvalue weighted by atomic mass is 9.63. The number of hydrogen-bond acceptors (Lipinski definition) is 6. The van der Waals surface area contributed by atoms with Gasteiger partial charge in [-0.2, -0.15) is 5.10 Å². The van der Waals surface area contributed by atoms with Gasteiger partial charge in [0.05, 0.1) is 19.4 Å². The zero-order valence-corrected chi connectivity index (χ0v) is 21.2. The second-order valence-corrected chi connectivity index (χ2v) is 10.2. The highest BCUT2D eigenvalue weighted by atomic mass is 16.5. The summed E-state index contributed by atoms with van der Waals surface area (Å²) in [4.78, 5) is 43.7. The van der Waals surface area contributed by atoms with Crippen LogP contribution in [-0.2, 0) is 0 Å². The number of hydrazone groups is 1. The first kappa shape index (κ1) is 23.3. The van der Waals surface area contributed by atoms with Crippen molar-refractivity contribution in [2.45, 2.75) is 18.0 Å². The lowest BCUT2D eigenvalue weighted by Gasteiger charge is -2.36. The lowest BCUT2D eigenvalue weighted by molar-refractivity contribution is 0.0586. The molecule has 0 radical (unpaired) electrons. The second kappa shape index (κ2) is 8.60. The number of fused-ring (bicyclic) bond motifs is 5. The monoisotopic (exact) mass is 512 g/mol. The van der Waals surface area contributed by atoms with E-state index in [-0.39, 0.29) is 17.3 Å². The quantitative estimate of drug-likeness (QED) is 0.267. The van der Waals surface area contributed by atoms with Crippen molar-refractivity contribution in [3.8, 4) is 5.75 Å². The van der Waals surface area contributed by atoms with E-state index in [0.29, 0.717) is 28.0 Å². The molecule has 39 heavy (non-hydrogen) atoms. The van der Waals surface area contributed by atoms with E-state index in [9.17, 15) is 14.4 Å². The number of hydrogen-bond donors (Lipinski definition) is 0. The van der Waals surface area contributed by atoms with Gasteiger partial charge in [0, 0.05) is 22.6 Å². The van der Waals surface area contributed by atoms with Gasteiger partial charge < -0.3 is 4.74 Å². The zero-order chi connectivity index (χ0) is 26.7. The maximum atomic E-state index is 14.7. The van der Waals surface area contributed by atoms with E-state index in [1.165, 1.54) is 0 Å². The molecule has 1 aliphatic carbocycles. The number of nitrogens with zero attached hydrogens (tertiary/aromatic N) is 2. The molecule has 0 saturated carbocycles. The van der Waals surface area contributed by atoms with Gasteiger partial charge in [-0.05, 0) is 28.8 Å². The normalized spacial score (nSPS) is 22.0. The zero-order valence-electron chi connectivity index (χ0n) is 21.2. The third kappa shape index (κ3) is 3.08. The van der Waals surface area contributed by atoms with Gasteiger partial charge in [-0.15, -0.1) is 0 Å². The Hall–Kier alpha value is -4.84. The predicted molar refractivity (Wildman–Crippen MR) is 146 cm³/mol. The van der Waals surface area contributed by atoms with Crippen LogP contribution in [-0.4, -0.2) is 41.7 Å². The van der Waals surface area contributed by atoms with E-state index >= 15 is 0 Å². The molecule has 4 aromatic rings. The summed E-state index contributed by atoms with van der Waals surface area (Å²) in [6, 6.07) is 29.3. The molecule has 4 aromatic carbocycles. The van der Waals surface area contributed by atoms with Crippen molar-refractivity contribution in [3.05, 3.63) is 137 Å². The average Bonchev–Trinajstić information content (AvgIpc) is 3.43. The Labute approximate surface area is 225 Å². The van der Waals surface area contributed by atoms with Crippen LogP contribution in [0.5, 0.6) is 5.75 Å². The Morgan fingerprint density at radius 1 is 0.795 bits per heavy atom. The Morgan fingerprint density at radius 3 is 2.08 bits per heavy atom. The Morgan fingerprint density at radius 2 is 1.41 bits per heavy atom. The summed E-state index contributed by atoms with van der Waals surface area (Å²) in [5, 5.41) is 6.50. The van der Waals surface area contributed by atoms with Crippen molar-refractivity contribution in [2.75, 3.05) is 7.11 Å². The summed E-state index contributed by atoms with van der Waals surface area (Å²) in [6.45, 7) is 0. The van der Waals surface area contributed by atoms with Crippen LogP contribution in [0.15, 0.2) is 108 Å². The Bertz CT molecular complexity index is 1640. The number of benzene rings is 4. The van der Waals surface area contributed by atoms with Gasteiger partial charge in [0.25, 0.3) is 0 Å². The van der Waals surface area contributed by atoms with Crippen LogP contribution < -0.4 is 4.74 Å². The fraction of sp³-hybridized carbons (Fsp3) is 0.152. The second-order valence-electron chi connectivity index (χ2n) is 10.2. The number of ether oxygens (including phenoxy) is 1. The number of rotatable bonds is 4. The first-order valence-corrected chi connectivity index (χ1v) is 12.9. The maximum Gasteiger partial charge on any atom is 0.187 e. The summed E-state index contributed by atoms with van der Waals surface area (Å²) >= 11 is 0. The number of methoxy groups -OCH3 is 1. The molecule has 2 aliphatic heterocycles. The third-order valence-electron chi connectivity index (χ3n) is 8.38. The van der Waals surface area contributed by atoms with Gasteiger partial charge in [0.15, 0.2) is 17.3 Å². The minimum absolute atomic E-state index is 0.189. The van der Waals surface area contributed by atoms with Crippen molar-refractivity contribution < 1.29 is 19.1 Å². The summed E-state index contributed by atoms with van der Waals surface area (Å²) in [7, 11) is 1.58. The van der Waals surface area contributed by atoms with Gasteiger partial charge in [0.2, 0.25) is 0 Å². The van der Waals surface area contributed by atoms with Crippen LogP contribution in [0, 0.1) is 5.41 Å². The van der Waals surface area contributed by atoms with E-state index in [1.807, 2.05) is 54.6 Å². The van der Waals surface area contributed by atoms with Crippen LogP contribution in [0.4, 0.5) is 0 Å². The Balaban J connectivity index is 1.55. The summed E-state index contributed by atoms with van der Waals surface area (Å²) in [5.41, 5.74) is 2.05. The minimum atomic E-state index is -1.58. The largest absolute Gasteiger partial charge is 0.497 e. The molecule has 3 atom stereocenters. The van der Waals surface area contributed by atoms with Gasteiger partial charge >= 0.3 is 0 Å². The molecular weight excluding hydrogens is 488 g/mol. The van der Waals surface area contributed by atoms with Gasteiger partial charge in [-0.25, -0.2) is 0 Å². The lowest BCUT2D eigenvalue weighted by Crippen LogP contribution is -2.43. The van der Waals surface area contributed by atoms with Gasteiger partial charge in [-0.1, -0.05) is 91.0 Å². The van der Waals surface area contributed by atoms with Crippen molar-refractivity contribution in [3.63, 3.8) is 0 Å². The molecule has 0 amide bonds. The molecule has 0 aromatic heterocycles. The molecule has 0 N–H and O–H groups in total. The molecule has 0 unspecified atom stereocenters. The third-order valence-corrected chi connectivity index (χ3v) is 8.38. The molecule has 6 heteroatoms. The number of carbonyl (C=O) groups is 3. The fourth-order valence-corrected chi connectivity index (χ4v) is 6.73. The van der Waals surface area contributed by atoms with Crippen LogP contribution in [0.2, 0.25) is 0 Å². The smallest absolute Gasteiger partial charge is 0.187 e. The highest BCUT2D eigenvalue weighted by Crippen LogP contribution is 2.64. The van der Waals surface area contributed by atoms with E-state index in [4.69, 9.17) is 9.84 Å². The van der Waals surface area contributed by atoms with Crippen molar-refractivity contribution in [1.29, 1.82) is 0 Å². The van der Waals surface area contributed by atoms with Crippen molar-refractivity contribution in [1.82, 2.24) is 5.01 Å². The number of Topliss-reactive ketones (excluding diaryl/α,β-unsaturated/α-hetero) is 3. The van der Waals surface area contributed by atoms with Crippen LogP contribution in [0.1, 0.15) is 59.7 Å². The van der Waals surface area contributed by atoms with Crippen LogP contribution >= 0.6 is 0 Å². The van der Waals surface area contributed by atoms with Gasteiger partial charge in [0.1, 0.15) is 17.2 Å². The van der Waals surface area contributed by atoms with Crippen molar-refractivity contribution in [2.24, 2.45) is 10.5 Å². The molecule has 1 spiro atoms. The first-order chi connectivity index (χ1) is 19.1. The summed E-state index contributed by atoms with van der Waals surface area (Å²) in [6.07, 6.45) is 1.72. The molecule has 190 valence electrons.